The first-order valence-electron chi connectivity index (χ1n) is 19.8. The van der Waals surface area contributed by atoms with Crippen molar-refractivity contribution in [3.8, 4) is 5.75 Å². The molecule has 54 heavy (non-hydrogen) atoms. The van der Waals surface area contributed by atoms with Gasteiger partial charge in [-0.15, -0.1) is 11.3 Å². The first-order chi connectivity index (χ1) is 25.6. The highest BCUT2D eigenvalue weighted by Gasteiger charge is 2.36. The number of amides is 3. The van der Waals surface area contributed by atoms with Crippen molar-refractivity contribution in [1.82, 2.24) is 25.4 Å². The molecule has 2 rings (SSSR count). The largest absolute Gasteiger partial charge is 0.508 e. The Morgan fingerprint density at radius 2 is 1.61 bits per heavy atom. The minimum Gasteiger partial charge on any atom is -0.508 e. The standard InChI is InChI=1S/C41H67N5O7S/c1-10-14-20-45(9)25-36(48)44-37(28(7)13-4)40(50)46(19-11-2)34(27(5)6)24-35(53-21-12-3)39-43-33(26-54-39)38(49)42-31(22-29(8)41(51)52)23-30-15-17-32(47)18-16-30/h15-18,26-29,31,34-35,37,47H,10-14,19-25H2,1-9H3,(H,42,49)(H,44,48)(H,51,52)/t28-,29-,31+,34+,35+,37-/m0/s1. The van der Waals surface area contributed by atoms with Gasteiger partial charge in [-0.05, 0) is 75.2 Å². The zero-order chi connectivity index (χ0) is 40.4. The minimum atomic E-state index is -0.949. The number of hydrogen-bond acceptors (Lipinski definition) is 9. The summed E-state index contributed by atoms with van der Waals surface area (Å²) in [6, 6.07) is 5.24. The number of hydrogen-bond donors (Lipinski definition) is 4. The highest BCUT2D eigenvalue weighted by molar-refractivity contribution is 7.09. The normalized spacial score (nSPS) is 14.9. The number of phenolic OH excluding ortho intramolecular Hbond substituents is 1. The first kappa shape index (κ1) is 46.6. The Balaban J connectivity index is 2.36. The van der Waals surface area contributed by atoms with Crippen LogP contribution in [-0.2, 0) is 25.5 Å². The number of carboxylic acids is 1. The number of ether oxygens (including phenoxy) is 1. The SMILES string of the molecule is CCCCN(C)CC(=O)N[C@H](C(=O)N(CCC)[C@H](C[C@@H](OCCC)c1nc(C(=O)N[C@@H](Cc2ccc(O)cc2)C[C@H](C)C(=O)O)cs1)C(C)C)[C@@H](C)CC. The summed E-state index contributed by atoms with van der Waals surface area (Å²) in [5, 5.41) is 27.7. The molecule has 12 nitrogen and oxygen atoms in total. The summed E-state index contributed by atoms with van der Waals surface area (Å²) < 4.78 is 6.39. The summed E-state index contributed by atoms with van der Waals surface area (Å²) in [5.41, 5.74) is 1.06. The van der Waals surface area contributed by atoms with Crippen LogP contribution in [0.2, 0.25) is 0 Å². The van der Waals surface area contributed by atoms with E-state index in [1.54, 1.807) is 36.6 Å². The molecule has 0 saturated heterocycles. The zero-order valence-electron chi connectivity index (χ0n) is 34.1. The monoisotopic (exact) mass is 773 g/mol. The van der Waals surface area contributed by atoms with Crippen LogP contribution in [0.1, 0.15) is 127 Å². The number of aromatic nitrogens is 1. The van der Waals surface area contributed by atoms with Gasteiger partial charge in [-0.2, -0.15) is 0 Å². The van der Waals surface area contributed by atoms with Crippen LogP contribution in [0.5, 0.6) is 5.75 Å². The third-order valence-electron chi connectivity index (χ3n) is 9.84. The van der Waals surface area contributed by atoms with Gasteiger partial charge < -0.3 is 30.5 Å². The molecular formula is C41H67N5O7S. The van der Waals surface area contributed by atoms with Crippen LogP contribution in [0.3, 0.4) is 0 Å². The molecule has 304 valence electrons. The average Bonchev–Trinajstić information content (AvgIpc) is 3.63. The summed E-state index contributed by atoms with van der Waals surface area (Å²) in [4.78, 5) is 61.7. The van der Waals surface area contributed by atoms with E-state index in [0.717, 1.165) is 44.2 Å². The van der Waals surface area contributed by atoms with E-state index in [1.807, 2.05) is 44.5 Å². The number of aromatic hydroxyl groups is 1. The molecule has 1 heterocycles. The molecule has 6 atom stereocenters. The van der Waals surface area contributed by atoms with Crippen molar-refractivity contribution >= 4 is 35.0 Å². The van der Waals surface area contributed by atoms with Gasteiger partial charge in [0.2, 0.25) is 11.8 Å². The third kappa shape index (κ3) is 15.3. The fourth-order valence-corrected chi connectivity index (χ4v) is 7.29. The third-order valence-corrected chi connectivity index (χ3v) is 10.8. The van der Waals surface area contributed by atoms with Gasteiger partial charge in [0.25, 0.3) is 5.91 Å². The highest BCUT2D eigenvalue weighted by atomic mass is 32.1. The van der Waals surface area contributed by atoms with Gasteiger partial charge in [0.05, 0.1) is 12.5 Å². The first-order valence-corrected chi connectivity index (χ1v) is 20.7. The molecule has 0 saturated carbocycles. The molecule has 4 N–H and O–H groups in total. The topological polar surface area (TPSA) is 161 Å². The fourth-order valence-electron chi connectivity index (χ4n) is 6.43. The van der Waals surface area contributed by atoms with E-state index in [9.17, 15) is 29.4 Å². The van der Waals surface area contributed by atoms with Gasteiger partial charge in [-0.1, -0.05) is 80.4 Å². The van der Waals surface area contributed by atoms with Crippen molar-refractivity contribution in [2.75, 3.05) is 33.3 Å². The molecule has 0 aliphatic rings. The predicted octanol–water partition coefficient (Wildman–Crippen LogP) is 6.68. The van der Waals surface area contributed by atoms with Crippen molar-refractivity contribution in [1.29, 1.82) is 0 Å². The van der Waals surface area contributed by atoms with Crippen LogP contribution in [0, 0.1) is 17.8 Å². The Hall–Kier alpha value is -3.55. The lowest BCUT2D eigenvalue weighted by Gasteiger charge is -2.39. The molecule has 0 aliphatic carbocycles. The molecule has 1 aromatic heterocycles. The van der Waals surface area contributed by atoms with Gasteiger partial charge in [-0.3, -0.25) is 24.1 Å². The molecule has 0 unspecified atom stereocenters. The molecule has 13 heteroatoms. The predicted molar refractivity (Wildman–Crippen MR) is 215 cm³/mol. The Bertz CT molecular complexity index is 1440. The molecular weight excluding hydrogens is 707 g/mol. The second-order valence-electron chi connectivity index (χ2n) is 15.0. The molecule has 3 amide bonds. The number of phenols is 1. The van der Waals surface area contributed by atoms with Gasteiger partial charge in [-0.25, -0.2) is 4.98 Å². The number of thiazole rings is 1. The van der Waals surface area contributed by atoms with Crippen LogP contribution in [-0.4, -0.2) is 100 Å². The fraction of sp³-hybridized carbons (Fsp3) is 0.683. The van der Waals surface area contributed by atoms with E-state index in [1.165, 1.54) is 11.3 Å². The molecule has 0 radical (unpaired) electrons. The molecule has 2 aromatic rings. The van der Waals surface area contributed by atoms with Gasteiger partial charge in [0.1, 0.15) is 28.6 Å². The number of carboxylic acid groups (broad SMARTS) is 1. The van der Waals surface area contributed by atoms with E-state index in [0.29, 0.717) is 31.0 Å². The summed E-state index contributed by atoms with van der Waals surface area (Å²) in [7, 11) is 1.92. The molecule has 0 spiro atoms. The van der Waals surface area contributed by atoms with Crippen LogP contribution in [0.15, 0.2) is 29.6 Å². The van der Waals surface area contributed by atoms with E-state index in [2.05, 4.69) is 31.4 Å². The second kappa shape index (κ2) is 24.1. The summed E-state index contributed by atoms with van der Waals surface area (Å²) in [6.07, 6.45) is 4.85. The van der Waals surface area contributed by atoms with E-state index in [4.69, 9.17) is 9.72 Å². The van der Waals surface area contributed by atoms with E-state index >= 15 is 0 Å². The van der Waals surface area contributed by atoms with Gasteiger partial charge in [0, 0.05) is 37.0 Å². The lowest BCUT2D eigenvalue weighted by Crippen LogP contribution is -2.56. The van der Waals surface area contributed by atoms with Crippen LogP contribution >= 0.6 is 11.3 Å². The second-order valence-corrected chi connectivity index (χ2v) is 15.9. The Morgan fingerprint density at radius 3 is 2.19 bits per heavy atom. The molecule has 1 aromatic carbocycles. The highest BCUT2D eigenvalue weighted by Crippen LogP contribution is 2.32. The number of nitrogens with zero attached hydrogens (tertiary/aromatic N) is 3. The maximum atomic E-state index is 14.5. The number of nitrogens with one attached hydrogen (secondary N) is 2. The van der Waals surface area contributed by atoms with Crippen molar-refractivity contribution < 1.29 is 34.1 Å². The van der Waals surface area contributed by atoms with E-state index < -0.39 is 36.0 Å². The molecule has 0 aliphatic heterocycles. The summed E-state index contributed by atoms with van der Waals surface area (Å²) >= 11 is 1.33. The summed E-state index contributed by atoms with van der Waals surface area (Å²) in [6.45, 7) is 18.0. The molecule has 0 fully saturated rings. The van der Waals surface area contributed by atoms with Crippen molar-refractivity contribution in [2.24, 2.45) is 17.8 Å². The summed E-state index contributed by atoms with van der Waals surface area (Å²) in [5.74, 6) is -2.20. The van der Waals surface area contributed by atoms with Gasteiger partial charge >= 0.3 is 5.97 Å². The number of benzene rings is 1. The Morgan fingerprint density at radius 1 is 0.926 bits per heavy atom. The lowest BCUT2D eigenvalue weighted by molar-refractivity contribution is -0.142. The number of aliphatic carboxylic acids is 1. The maximum absolute atomic E-state index is 14.5. The van der Waals surface area contributed by atoms with E-state index in [-0.39, 0.29) is 54.1 Å². The van der Waals surface area contributed by atoms with Crippen molar-refractivity contribution in [3.63, 3.8) is 0 Å². The van der Waals surface area contributed by atoms with Gasteiger partial charge in [0.15, 0.2) is 0 Å². The quantitative estimate of drug-likeness (QED) is 0.0817. The number of rotatable bonds is 26. The number of carbonyl (C=O) groups excluding carboxylic acids is 3. The smallest absolute Gasteiger partial charge is 0.306 e. The maximum Gasteiger partial charge on any atom is 0.306 e. The number of carbonyl (C=O) groups is 4. The van der Waals surface area contributed by atoms with Crippen LogP contribution in [0.4, 0.5) is 0 Å². The van der Waals surface area contributed by atoms with Crippen LogP contribution in [0.25, 0.3) is 0 Å². The minimum absolute atomic E-state index is 0.0568. The lowest BCUT2D eigenvalue weighted by atomic mass is 9.92. The Kier molecular flexibility index (Phi) is 20.8. The zero-order valence-corrected chi connectivity index (χ0v) is 34.9. The number of unbranched alkanes of at least 4 members (excludes halogenated alkanes) is 1. The molecule has 0 bridgehead atoms. The average molecular weight is 774 g/mol. The number of likely N-dealkylation sites (N-methyl/N-ethyl adjacent to an activating group) is 1. The van der Waals surface area contributed by atoms with Crippen molar-refractivity contribution in [2.45, 2.75) is 131 Å². The van der Waals surface area contributed by atoms with Crippen LogP contribution < -0.4 is 10.6 Å². The Labute approximate surface area is 327 Å². The van der Waals surface area contributed by atoms with Crippen molar-refractivity contribution in [3.05, 3.63) is 45.9 Å².